The predicted octanol–water partition coefficient (Wildman–Crippen LogP) is 1.42. The number of thiophene rings is 1. The lowest BCUT2D eigenvalue weighted by Gasteiger charge is -2.31. The fourth-order valence-electron chi connectivity index (χ4n) is 2.56. The van der Waals surface area contributed by atoms with E-state index < -0.39 is 10.0 Å². The van der Waals surface area contributed by atoms with Crippen LogP contribution >= 0.6 is 11.3 Å². The lowest BCUT2D eigenvalue weighted by Crippen LogP contribution is -2.43. The van der Waals surface area contributed by atoms with E-state index in [0.717, 1.165) is 4.88 Å². The quantitative estimate of drug-likeness (QED) is 0.820. The molecule has 0 radical (unpaired) electrons. The highest BCUT2D eigenvalue weighted by molar-refractivity contribution is 7.89. The number of carbonyl (C=O) groups excluding carboxylic acids is 1. The summed E-state index contributed by atoms with van der Waals surface area (Å²) in [4.78, 5) is 14.6. The third kappa shape index (κ3) is 4.28. The first-order chi connectivity index (χ1) is 9.90. The molecular formula is C14H22N2O3S2. The average Bonchev–Trinajstić information content (AvgIpc) is 2.98. The van der Waals surface area contributed by atoms with Gasteiger partial charge >= 0.3 is 0 Å². The van der Waals surface area contributed by atoms with Crippen LogP contribution in [0.15, 0.2) is 17.5 Å². The molecule has 1 aromatic heterocycles. The van der Waals surface area contributed by atoms with Gasteiger partial charge in [0.1, 0.15) is 0 Å². The minimum atomic E-state index is -3.21. The fourth-order valence-corrected chi connectivity index (χ4v) is 4.90. The number of aryl methyl sites for hydroxylation is 1. The van der Waals surface area contributed by atoms with Gasteiger partial charge in [-0.3, -0.25) is 4.79 Å². The number of piperidine rings is 1. The Bertz CT molecular complexity index is 559. The van der Waals surface area contributed by atoms with Crippen LogP contribution in [-0.2, 0) is 21.2 Å². The molecule has 0 spiro atoms. The van der Waals surface area contributed by atoms with Crippen LogP contribution in [0.4, 0.5) is 0 Å². The summed E-state index contributed by atoms with van der Waals surface area (Å²) in [6.07, 6.45) is 1.81. The Morgan fingerprint density at radius 2 is 2.05 bits per heavy atom. The molecule has 2 heterocycles. The van der Waals surface area contributed by atoms with Crippen LogP contribution in [0.2, 0.25) is 0 Å². The molecule has 0 N–H and O–H groups in total. The Kier molecular flexibility index (Phi) is 5.40. The minimum absolute atomic E-state index is 0.0382. The molecule has 0 unspecified atom stereocenters. The molecule has 21 heavy (non-hydrogen) atoms. The number of rotatable bonds is 5. The Balaban J connectivity index is 1.87. The normalized spacial score (nSPS) is 17.8. The summed E-state index contributed by atoms with van der Waals surface area (Å²) in [6.45, 7) is 0.911. The second-order valence-corrected chi connectivity index (χ2v) is 8.67. The maximum atomic E-state index is 12.3. The maximum absolute atomic E-state index is 12.3. The van der Waals surface area contributed by atoms with Crippen molar-refractivity contribution >= 4 is 27.3 Å². The molecule has 1 aliphatic rings. The van der Waals surface area contributed by atoms with Gasteiger partial charge < -0.3 is 4.90 Å². The van der Waals surface area contributed by atoms with Gasteiger partial charge in [0.05, 0.1) is 5.75 Å². The molecule has 1 fully saturated rings. The number of sulfonamides is 1. The zero-order chi connectivity index (χ0) is 15.5. The molecule has 0 atom stereocenters. The van der Waals surface area contributed by atoms with Crippen molar-refractivity contribution in [2.24, 2.45) is 5.92 Å². The number of carbonyl (C=O) groups is 1. The molecule has 7 heteroatoms. The van der Waals surface area contributed by atoms with Crippen molar-refractivity contribution in [3.05, 3.63) is 22.4 Å². The molecule has 0 saturated carbocycles. The third-order valence-electron chi connectivity index (χ3n) is 3.82. The van der Waals surface area contributed by atoms with Crippen LogP contribution in [0, 0.1) is 5.92 Å². The Morgan fingerprint density at radius 1 is 1.38 bits per heavy atom. The van der Waals surface area contributed by atoms with Crippen molar-refractivity contribution in [3.8, 4) is 0 Å². The topological polar surface area (TPSA) is 57.7 Å². The number of hydrogen-bond donors (Lipinski definition) is 0. The molecule has 5 nitrogen and oxygen atoms in total. The van der Waals surface area contributed by atoms with Crippen molar-refractivity contribution < 1.29 is 13.2 Å². The highest BCUT2D eigenvalue weighted by atomic mass is 32.2. The first-order valence-corrected chi connectivity index (χ1v) is 9.60. The van der Waals surface area contributed by atoms with Crippen LogP contribution in [0.3, 0.4) is 0 Å². The lowest BCUT2D eigenvalue weighted by molar-refractivity contribution is -0.134. The van der Waals surface area contributed by atoms with Crippen LogP contribution in [0.5, 0.6) is 0 Å². The molecule has 1 amide bonds. The van der Waals surface area contributed by atoms with Crippen LogP contribution < -0.4 is 0 Å². The van der Waals surface area contributed by atoms with Crippen LogP contribution in [-0.4, -0.2) is 56.5 Å². The van der Waals surface area contributed by atoms with Crippen LogP contribution in [0.1, 0.15) is 17.7 Å². The van der Waals surface area contributed by atoms with E-state index in [2.05, 4.69) is 0 Å². The van der Waals surface area contributed by atoms with E-state index >= 15 is 0 Å². The first kappa shape index (κ1) is 16.5. The molecule has 1 saturated heterocycles. The van der Waals surface area contributed by atoms with Gasteiger partial charge in [-0.1, -0.05) is 6.07 Å². The number of amides is 1. The van der Waals surface area contributed by atoms with Gasteiger partial charge in [0.15, 0.2) is 0 Å². The van der Waals surface area contributed by atoms with Gasteiger partial charge in [0.25, 0.3) is 0 Å². The van der Waals surface area contributed by atoms with Gasteiger partial charge in [-0.15, -0.1) is 11.3 Å². The van der Waals surface area contributed by atoms with Crippen molar-refractivity contribution in [3.63, 3.8) is 0 Å². The van der Waals surface area contributed by atoms with Gasteiger partial charge in [-0.25, -0.2) is 12.7 Å². The summed E-state index contributed by atoms with van der Waals surface area (Å²) in [6, 6.07) is 3.90. The van der Waals surface area contributed by atoms with E-state index in [1.807, 2.05) is 17.5 Å². The van der Waals surface area contributed by atoms with E-state index in [1.165, 1.54) is 0 Å². The standard InChI is InChI=1S/C14H22N2O3S2/c1-15(2)14(17)12-5-8-16(9-6-12)21(18,19)11-7-13-4-3-10-20-13/h3-4,10,12H,5-9,11H2,1-2H3. The summed E-state index contributed by atoms with van der Waals surface area (Å²) < 4.78 is 26.2. The molecule has 2 rings (SSSR count). The second kappa shape index (κ2) is 6.89. The maximum Gasteiger partial charge on any atom is 0.225 e. The molecule has 0 bridgehead atoms. The molecule has 118 valence electrons. The van der Waals surface area contributed by atoms with Crippen LogP contribution in [0.25, 0.3) is 0 Å². The molecular weight excluding hydrogens is 308 g/mol. The zero-order valence-corrected chi connectivity index (χ0v) is 14.1. The summed E-state index contributed by atoms with van der Waals surface area (Å²) in [5, 5.41) is 1.96. The fraction of sp³-hybridized carbons (Fsp3) is 0.643. The smallest absolute Gasteiger partial charge is 0.225 e. The van der Waals surface area contributed by atoms with E-state index in [0.29, 0.717) is 32.4 Å². The Labute approximate surface area is 130 Å². The highest BCUT2D eigenvalue weighted by Gasteiger charge is 2.31. The van der Waals surface area contributed by atoms with Crippen molar-refractivity contribution in [2.45, 2.75) is 19.3 Å². The van der Waals surface area contributed by atoms with E-state index in [1.54, 1.807) is 34.6 Å². The SMILES string of the molecule is CN(C)C(=O)C1CCN(S(=O)(=O)CCc2cccs2)CC1. The van der Waals surface area contributed by atoms with E-state index in [9.17, 15) is 13.2 Å². The summed E-state index contributed by atoms with van der Waals surface area (Å²) in [5.41, 5.74) is 0. The minimum Gasteiger partial charge on any atom is -0.349 e. The van der Waals surface area contributed by atoms with Gasteiger partial charge in [-0.2, -0.15) is 0 Å². The zero-order valence-electron chi connectivity index (χ0n) is 12.5. The van der Waals surface area contributed by atoms with E-state index in [-0.39, 0.29) is 17.6 Å². The Hall–Kier alpha value is -0.920. The highest BCUT2D eigenvalue weighted by Crippen LogP contribution is 2.22. The number of nitrogens with zero attached hydrogens (tertiary/aromatic N) is 2. The largest absolute Gasteiger partial charge is 0.349 e. The van der Waals surface area contributed by atoms with E-state index in [4.69, 9.17) is 0 Å². The van der Waals surface area contributed by atoms with Crippen molar-refractivity contribution in [1.82, 2.24) is 9.21 Å². The molecule has 0 aromatic carbocycles. The summed E-state index contributed by atoms with van der Waals surface area (Å²) >= 11 is 1.58. The van der Waals surface area contributed by atoms with Crippen molar-refractivity contribution in [2.75, 3.05) is 32.9 Å². The molecule has 0 aliphatic carbocycles. The number of hydrogen-bond acceptors (Lipinski definition) is 4. The van der Waals surface area contributed by atoms with Gasteiger partial charge in [0.2, 0.25) is 15.9 Å². The predicted molar refractivity (Wildman–Crippen MR) is 84.8 cm³/mol. The summed E-state index contributed by atoms with van der Waals surface area (Å²) in [5.74, 6) is 0.217. The first-order valence-electron chi connectivity index (χ1n) is 7.11. The lowest BCUT2D eigenvalue weighted by atomic mass is 9.97. The average molecular weight is 330 g/mol. The second-order valence-electron chi connectivity index (χ2n) is 5.55. The third-order valence-corrected chi connectivity index (χ3v) is 6.63. The Morgan fingerprint density at radius 3 is 2.57 bits per heavy atom. The van der Waals surface area contributed by atoms with Gasteiger partial charge in [-0.05, 0) is 30.7 Å². The van der Waals surface area contributed by atoms with Crippen molar-refractivity contribution in [1.29, 1.82) is 0 Å². The van der Waals surface area contributed by atoms with Gasteiger partial charge in [0, 0.05) is 38.0 Å². The molecule has 1 aromatic rings. The molecule has 1 aliphatic heterocycles. The summed E-state index contributed by atoms with van der Waals surface area (Å²) in [7, 11) is 0.271. The monoisotopic (exact) mass is 330 g/mol.